The van der Waals surface area contributed by atoms with E-state index in [-0.39, 0.29) is 18.3 Å². The lowest BCUT2D eigenvalue weighted by atomic mass is 9.74. The quantitative estimate of drug-likeness (QED) is 0.739. The molecule has 3 heteroatoms. The molecule has 0 spiro atoms. The average molecular weight is 296 g/mol. The zero-order valence-electron chi connectivity index (χ0n) is 14.7. The molecule has 22 heavy (non-hydrogen) atoms. The fourth-order valence-corrected chi connectivity index (χ4v) is 3.32. The summed E-state index contributed by atoms with van der Waals surface area (Å²) in [7, 11) is -0.296. The molecule has 0 unspecified atom stereocenters. The van der Waals surface area contributed by atoms with Crippen LogP contribution in [0, 0.1) is 20.8 Å². The van der Waals surface area contributed by atoms with Crippen molar-refractivity contribution in [1.29, 1.82) is 0 Å². The van der Waals surface area contributed by atoms with Gasteiger partial charge >= 0.3 is 7.12 Å². The van der Waals surface area contributed by atoms with E-state index in [2.05, 4.69) is 72.7 Å². The lowest BCUT2D eigenvalue weighted by Crippen LogP contribution is -2.41. The molecule has 0 bridgehead atoms. The minimum atomic E-state index is -0.304. The molecule has 0 aliphatic carbocycles. The Morgan fingerprint density at radius 3 is 2.05 bits per heavy atom. The van der Waals surface area contributed by atoms with E-state index in [1.165, 1.54) is 27.5 Å². The van der Waals surface area contributed by atoms with Crippen molar-refractivity contribution in [2.45, 2.75) is 59.7 Å². The Morgan fingerprint density at radius 2 is 1.45 bits per heavy atom. The van der Waals surface area contributed by atoms with Crippen LogP contribution >= 0.6 is 0 Å². The largest absolute Gasteiger partial charge is 0.495 e. The van der Waals surface area contributed by atoms with Crippen LogP contribution in [0.3, 0.4) is 0 Å². The van der Waals surface area contributed by atoms with Crippen LogP contribution in [0.1, 0.15) is 44.4 Å². The molecule has 1 aliphatic heterocycles. The number of rotatable bonds is 1. The summed E-state index contributed by atoms with van der Waals surface area (Å²) < 4.78 is 12.4. The molecule has 2 aromatic carbocycles. The normalized spacial score (nSPS) is 19.9. The molecule has 2 nitrogen and oxygen atoms in total. The maximum atomic E-state index is 6.22. The van der Waals surface area contributed by atoms with Crippen LogP contribution in [0.2, 0.25) is 0 Å². The molecule has 1 saturated heterocycles. The first-order chi connectivity index (χ1) is 10.1. The van der Waals surface area contributed by atoms with E-state index in [0.29, 0.717) is 0 Å². The molecule has 0 saturated carbocycles. The Hall–Kier alpha value is -1.32. The molecule has 116 valence electrons. The SMILES string of the molecule is Cc1cc(C)c2c(C)c(B3OC(C)(C)C(C)(C)O3)ccc2c1. The Morgan fingerprint density at radius 1 is 0.864 bits per heavy atom. The van der Waals surface area contributed by atoms with Crippen LogP contribution in [0.4, 0.5) is 0 Å². The van der Waals surface area contributed by atoms with Crippen molar-refractivity contribution in [2.75, 3.05) is 0 Å². The van der Waals surface area contributed by atoms with Crippen molar-refractivity contribution < 1.29 is 9.31 Å². The number of benzene rings is 2. The van der Waals surface area contributed by atoms with Crippen LogP contribution in [-0.4, -0.2) is 18.3 Å². The maximum absolute atomic E-state index is 6.22. The molecule has 0 radical (unpaired) electrons. The molecule has 0 N–H and O–H groups in total. The number of aryl methyl sites for hydroxylation is 3. The van der Waals surface area contributed by atoms with E-state index in [4.69, 9.17) is 9.31 Å². The lowest BCUT2D eigenvalue weighted by Gasteiger charge is -2.32. The average Bonchev–Trinajstić information content (AvgIpc) is 2.57. The van der Waals surface area contributed by atoms with Gasteiger partial charge in [-0.15, -0.1) is 0 Å². The second-order valence-electron chi connectivity index (χ2n) is 7.55. The van der Waals surface area contributed by atoms with Gasteiger partial charge in [-0.25, -0.2) is 0 Å². The van der Waals surface area contributed by atoms with E-state index >= 15 is 0 Å². The second kappa shape index (κ2) is 4.84. The Balaban J connectivity index is 2.12. The van der Waals surface area contributed by atoms with E-state index in [0.717, 1.165) is 5.46 Å². The first-order valence-corrected chi connectivity index (χ1v) is 7.98. The molecule has 1 fully saturated rings. The molecule has 0 aromatic heterocycles. The summed E-state index contributed by atoms with van der Waals surface area (Å²) in [6.45, 7) is 14.9. The van der Waals surface area contributed by atoms with Gasteiger partial charge < -0.3 is 9.31 Å². The Kier molecular flexibility index (Phi) is 3.43. The van der Waals surface area contributed by atoms with E-state index in [1.54, 1.807) is 0 Å². The van der Waals surface area contributed by atoms with E-state index in [1.807, 2.05) is 0 Å². The van der Waals surface area contributed by atoms with Gasteiger partial charge in [0.1, 0.15) is 0 Å². The van der Waals surface area contributed by atoms with Crippen molar-refractivity contribution >= 4 is 23.4 Å². The third-order valence-electron chi connectivity index (χ3n) is 5.27. The second-order valence-corrected chi connectivity index (χ2v) is 7.55. The molecular formula is C19H25BO2. The van der Waals surface area contributed by atoms with Gasteiger partial charge in [0.15, 0.2) is 0 Å². The monoisotopic (exact) mass is 296 g/mol. The third-order valence-corrected chi connectivity index (χ3v) is 5.27. The van der Waals surface area contributed by atoms with E-state index in [9.17, 15) is 0 Å². The lowest BCUT2D eigenvalue weighted by molar-refractivity contribution is 0.00578. The highest BCUT2D eigenvalue weighted by atomic mass is 16.7. The van der Waals surface area contributed by atoms with Crippen molar-refractivity contribution in [1.82, 2.24) is 0 Å². The minimum absolute atomic E-state index is 0.296. The van der Waals surface area contributed by atoms with Gasteiger partial charge in [-0.1, -0.05) is 29.8 Å². The summed E-state index contributed by atoms with van der Waals surface area (Å²) in [5.41, 5.74) is 4.40. The molecule has 0 amide bonds. The first kappa shape index (κ1) is 15.6. The van der Waals surface area contributed by atoms with Crippen molar-refractivity contribution in [3.05, 3.63) is 41.0 Å². The predicted molar refractivity (Wildman–Crippen MR) is 93.9 cm³/mol. The molecule has 2 aromatic rings. The summed E-state index contributed by atoms with van der Waals surface area (Å²) in [4.78, 5) is 0. The molecule has 0 atom stereocenters. The van der Waals surface area contributed by atoms with Gasteiger partial charge in [0, 0.05) is 0 Å². The highest BCUT2D eigenvalue weighted by molar-refractivity contribution is 6.63. The van der Waals surface area contributed by atoms with Crippen LogP contribution in [0.5, 0.6) is 0 Å². The van der Waals surface area contributed by atoms with Gasteiger partial charge in [-0.05, 0) is 75.8 Å². The predicted octanol–water partition coefficient (Wildman–Crippen LogP) is 4.06. The summed E-state index contributed by atoms with van der Waals surface area (Å²) in [5, 5.41) is 2.60. The Bertz CT molecular complexity index is 731. The van der Waals surface area contributed by atoms with Crippen molar-refractivity contribution in [2.24, 2.45) is 0 Å². The van der Waals surface area contributed by atoms with E-state index < -0.39 is 0 Å². The minimum Gasteiger partial charge on any atom is -0.399 e. The maximum Gasteiger partial charge on any atom is 0.495 e. The molecule has 1 aliphatic rings. The summed E-state index contributed by atoms with van der Waals surface area (Å²) in [6.07, 6.45) is 0. The molecule has 1 heterocycles. The van der Waals surface area contributed by atoms with Gasteiger partial charge in [0.25, 0.3) is 0 Å². The van der Waals surface area contributed by atoms with Crippen LogP contribution in [0.15, 0.2) is 24.3 Å². The smallest absolute Gasteiger partial charge is 0.399 e. The summed E-state index contributed by atoms with van der Waals surface area (Å²) in [5.74, 6) is 0. The Labute approximate surface area is 134 Å². The third kappa shape index (κ3) is 2.27. The number of hydrogen-bond donors (Lipinski definition) is 0. The van der Waals surface area contributed by atoms with Crippen LogP contribution < -0.4 is 5.46 Å². The zero-order valence-corrected chi connectivity index (χ0v) is 14.7. The summed E-state index contributed by atoms with van der Waals surface area (Å²) in [6, 6.07) is 8.81. The van der Waals surface area contributed by atoms with Crippen LogP contribution in [-0.2, 0) is 9.31 Å². The van der Waals surface area contributed by atoms with Gasteiger partial charge in [-0.2, -0.15) is 0 Å². The van der Waals surface area contributed by atoms with Gasteiger partial charge in [0.2, 0.25) is 0 Å². The number of fused-ring (bicyclic) bond motifs is 1. The summed E-state index contributed by atoms with van der Waals surface area (Å²) >= 11 is 0. The number of hydrogen-bond acceptors (Lipinski definition) is 2. The van der Waals surface area contributed by atoms with Gasteiger partial charge in [-0.3, -0.25) is 0 Å². The topological polar surface area (TPSA) is 18.5 Å². The van der Waals surface area contributed by atoms with Crippen molar-refractivity contribution in [3.8, 4) is 0 Å². The fourth-order valence-electron chi connectivity index (χ4n) is 3.32. The van der Waals surface area contributed by atoms with Crippen LogP contribution in [0.25, 0.3) is 10.8 Å². The van der Waals surface area contributed by atoms with Crippen molar-refractivity contribution in [3.63, 3.8) is 0 Å². The first-order valence-electron chi connectivity index (χ1n) is 7.98. The highest BCUT2D eigenvalue weighted by Crippen LogP contribution is 2.37. The fraction of sp³-hybridized carbons (Fsp3) is 0.474. The zero-order chi connectivity index (χ0) is 16.3. The standard InChI is InChI=1S/C19H25BO2/c1-12-10-13(2)17-14(3)16(9-8-15(17)11-12)20-21-18(4,5)19(6,7)22-20/h8-11H,1-7H3. The van der Waals surface area contributed by atoms with Gasteiger partial charge in [0.05, 0.1) is 11.2 Å². The molecular weight excluding hydrogens is 271 g/mol. The highest BCUT2D eigenvalue weighted by Gasteiger charge is 2.52. The molecule has 3 rings (SSSR count).